The number of rotatable bonds is 2. The molecule has 1 aliphatic rings. The number of nitrogens with zero attached hydrogens (tertiary/aromatic N) is 1. The molecule has 2 rings (SSSR count). The minimum Gasteiger partial charge on any atom is -0.481 e. The molecule has 1 unspecified atom stereocenters. The third kappa shape index (κ3) is 3.13. The zero-order chi connectivity index (χ0) is 14.0. The van der Waals surface area contributed by atoms with Crippen molar-refractivity contribution in [3.05, 3.63) is 28.2 Å². The number of benzene rings is 1. The Kier molecular flexibility index (Phi) is 4.21. The van der Waals surface area contributed by atoms with Crippen molar-refractivity contribution in [3.63, 3.8) is 0 Å². The summed E-state index contributed by atoms with van der Waals surface area (Å²) in [5.74, 6) is -1.58. The van der Waals surface area contributed by atoms with E-state index in [1.807, 2.05) is 25.1 Å². The molecule has 5 nitrogen and oxygen atoms in total. The van der Waals surface area contributed by atoms with Crippen LogP contribution >= 0.6 is 15.9 Å². The SMILES string of the molecule is Cc1cc(N2CC(C(=O)O)CNCC2=O)ccc1Br. The van der Waals surface area contributed by atoms with Gasteiger partial charge < -0.3 is 15.3 Å². The molecule has 0 saturated carbocycles. The molecule has 1 fully saturated rings. The van der Waals surface area contributed by atoms with E-state index in [0.29, 0.717) is 6.54 Å². The van der Waals surface area contributed by atoms with Crippen LogP contribution < -0.4 is 10.2 Å². The van der Waals surface area contributed by atoms with Crippen molar-refractivity contribution in [1.29, 1.82) is 0 Å². The topological polar surface area (TPSA) is 69.6 Å². The van der Waals surface area contributed by atoms with Crippen molar-refractivity contribution in [2.24, 2.45) is 5.92 Å². The molecule has 6 heteroatoms. The molecular weight excluding hydrogens is 312 g/mol. The summed E-state index contributed by atoms with van der Waals surface area (Å²) in [6, 6.07) is 5.57. The molecule has 0 bridgehead atoms. The van der Waals surface area contributed by atoms with Crippen molar-refractivity contribution in [1.82, 2.24) is 5.32 Å². The van der Waals surface area contributed by atoms with E-state index in [-0.39, 0.29) is 19.0 Å². The summed E-state index contributed by atoms with van der Waals surface area (Å²) in [4.78, 5) is 24.7. The van der Waals surface area contributed by atoms with Crippen LogP contribution in [0.3, 0.4) is 0 Å². The Morgan fingerprint density at radius 1 is 1.53 bits per heavy atom. The molecular formula is C13H15BrN2O3. The lowest BCUT2D eigenvalue weighted by molar-refractivity contribution is -0.141. The highest BCUT2D eigenvalue weighted by atomic mass is 79.9. The second-order valence-electron chi connectivity index (χ2n) is 4.60. The monoisotopic (exact) mass is 326 g/mol. The Balaban J connectivity index is 2.30. The molecule has 1 heterocycles. The smallest absolute Gasteiger partial charge is 0.309 e. The first-order chi connectivity index (χ1) is 8.99. The molecule has 19 heavy (non-hydrogen) atoms. The van der Waals surface area contributed by atoms with Crippen LogP contribution in [0, 0.1) is 12.8 Å². The number of aliphatic carboxylic acids is 1. The molecule has 1 saturated heterocycles. The van der Waals surface area contributed by atoms with Gasteiger partial charge in [0.15, 0.2) is 0 Å². The molecule has 102 valence electrons. The van der Waals surface area contributed by atoms with Crippen LogP contribution in [0.1, 0.15) is 5.56 Å². The van der Waals surface area contributed by atoms with Crippen LogP contribution in [0.2, 0.25) is 0 Å². The molecule has 1 aromatic carbocycles. The van der Waals surface area contributed by atoms with Gasteiger partial charge in [-0.1, -0.05) is 15.9 Å². The van der Waals surface area contributed by atoms with Crippen LogP contribution in [-0.4, -0.2) is 36.6 Å². The number of carbonyl (C=O) groups is 2. The number of anilines is 1. The molecule has 1 aromatic rings. The lowest BCUT2D eigenvalue weighted by Crippen LogP contribution is -2.37. The Bertz CT molecular complexity index is 519. The van der Waals surface area contributed by atoms with Gasteiger partial charge in [-0.3, -0.25) is 9.59 Å². The predicted molar refractivity (Wildman–Crippen MR) is 75.2 cm³/mol. The van der Waals surface area contributed by atoms with Crippen molar-refractivity contribution in [3.8, 4) is 0 Å². The third-order valence-electron chi connectivity index (χ3n) is 3.17. The summed E-state index contributed by atoms with van der Waals surface area (Å²) in [5, 5.41) is 12.0. The standard InChI is InChI=1S/C13H15BrN2O3/c1-8-4-10(2-3-11(8)14)16-7-9(13(18)19)5-15-6-12(16)17/h2-4,9,15H,5-7H2,1H3,(H,18,19). The fourth-order valence-corrected chi connectivity index (χ4v) is 2.29. The maximum absolute atomic E-state index is 12.0. The molecule has 0 spiro atoms. The molecule has 1 atom stereocenters. The first-order valence-electron chi connectivity index (χ1n) is 5.99. The van der Waals surface area contributed by atoms with Gasteiger partial charge in [0.1, 0.15) is 0 Å². The van der Waals surface area contributed by atoms with E-state index in [9.17, 15) is 9.59 Å². The molecule has 2 N–H and O–H groups in total. The minimum absolute atomic E-state index is 0.106. The van der Waals surface area contributed by atoms with Crippen LogP contribution in [0.5, 0.6) is 0 Å². The number of hydrogen-bond acceptors (Lipinski definition) is 3. The van der Waals surface area contributed by atoms with Crippen molar-refractivity contribution in [2.45, 2.75) is 6.92 Å². The molecule has 0 radical (unpaired) electrons. The van der Waals surface area contributed by atoms with Crippen molar-refractivity contribution >= 4 is 33.5 Å². The van der Waals surface area contributed by atoms with E-state index in [1.54, 1.807) is 0 Å². The van der Waals surface area contributed by atoms with E-state index in [0.717, 1.165) is 15.7 Å². The van der Waals surface area contributed by atoms with Crippen LogP contribution in [0.15, 0.2) is 22.7 Å². The summed E-state index contributed by atoms with van der Waals surface area (Å²) in [5.41, 5.74) is 1.75. The largest absolute Gasteiger partial charge is 0.481 e. The summed E-state index contributed by atoms with van der Waals surface area (Å²) < 4.78 is 0.964. The van der Waals surface area contributed by atoms with Crippen molar-refractivity contribution in [2.75, 3.05) is 24.5 Å². The Labute approximate surface area is 119 Å². The molecule has 1 amide bonds. The van der Waals surface area contributed by atoms with E-state index in [1.165, 1.54) is 4.90 Å². The minimum atomic E-state index is -0.888. The fraction of sp³-hybridized carbons (Fsp3) is 0.385. The number of amides is 1. The zero-order valence-corrected chi connectivity index (χ0v) is 12.1. The Morgan fingerprint density at radius 3 is 2.89 bits per heavy atom. The number of nitrogens with one attached hydrogen (secondary N) is 1. The third-order valence-corrected chi connectivity index (χ3v) is 4.06. The van der Waals surface area contributed by atoms with Crippen LogP contribution in [-0.2, 0) is 9.59 Å². The second kappa shape index (κ2) is 5.71. The van der Waals surface area contributed by atoms with Gasteiger partial charge in [-0.25, -0.2) is 0 Å². The van der Waals surface area contributed by atoms with E-state index in [2.05, 4.69) is 21.2 Å². The average molecular weight is 327 g/mol. The number of halogens is 1. The average Bonchev–Trinajstić information content (AvgIpc) is 2.55. The summed E-state index contributed by atoms with van der Waals surface area (Å²) in [6.07, 6.45) is 0. The number of hydrogen-bond donors (Lipinski definition) is 2. The highest BCUT2D eigenvalue weighted by Gasteiger charge is 2.28. The molecule has 0 aromatic heterocycles. The van der Waals surface area contributed by atoms with Gasteiger partial charge in [-0.15, -0.1) is 0 Å². The summed E-state index contributed by atoms with van der Waals surface area (Å²) in [6.45, 7) is 2.61. The van der Waals surface area contributed by atoms with Gasteiger partial charge in [-0.05, 0) is 30.7 Å². The number of carboxylic acids is 1. The van der Waals surface area contributed by atoms with Crippen LogP contribution in [0.4, 0.5) is 5.69 Å². The van der Waals surface area contributed by atoms with Gasteiger partial charge in [-0.2, -0.15) is 0 Å². The highest BCUT2D eigenvalue weighted by molar-refractivity contribution is 9.10. The highest BCUT2D eigenvalue weighted by Crippen LogP contribution is 2.24. The fourth-order valence-electron chi connectivity index (χ4n) is 2.05. The second-order valence-corrected chi connectivity index (χ2v) is 5.46. The van der Waals surface area contributed by atoms with Gasteiger partial charge >= 0.3 is 5.97 Å². The quantitative estimate of drug-likeness (QED) is 0.861. The van der Waals surface area contributed by atoms with E-state index >= 15 is 0 Å². The summed E-state index contributed by atoms with van der Waals surface area (Å²) in [7, 11) is 0. The maximum Gasteiger partial charge on any atom is 0.309 e. The lowest BCUT2D eigenvalue weighted by atomic mass is 10.1. The van der Waals surface area contributed by atoms with E-state index in [4.69, 9.17) is 5.11 Å². The summed E-state index contributed by atoms with van der Waals surface area (Å²) >= 11 is 3.41. The number of carboxylic acid groups (broad SMARTS) is 1. The predicted octanol–water partition coefficient (Wildman–Crippen LogP) is 1.39. The van der Waals surface area contributed by atoms with E-state index < -0.39 is 11.9 Å². The van der Waals surface area contributed by atoms with Gasteiger partial charge in [0.2, 0.25) is 5.91 Å². The molecule has 0 aliphatic carbocycles. The molecule has 1 aliphatic heterocycles. The van der Waals surface area contributed by atoms with Crippen molar-refractivity contribution < 1.29 is 14.7 Å². The maximum atomic E-state index is 12.0. The van der Waals surface area contributed by atoms with Crippen LogP contribution in [0.25, 0.3) is 0 Å². The number of carbonyl (C=O) groups excluding carboxylic acids is 1. The van der Waals surface area contributed by atoms with Gasteiger partial charge in [0, 0.05) is 23.2 Å². The van der Waals surface area contributed by atoms with Gasteiger partial charge in [0.25, 0.3) is 0 Å². The Morgan fingerprint density at radius 2 is 2.26 bits per heavy atom. The Hall–Kier alpha value is -1.40. The first kappa shape index (κ1) is 14.0. The number of aryl methyl sites for hydroxylation is 1. The zero-order valence-electron chi connectivity index (χ0n) is 10.5. The lowest BCUT2D eigenvalue weighted by Gasteiger charge is -2.23. The first-order valence-corrected chi connectivity index (χ1v) is 6.78. The normalized spacial score (nSPS) is 20.2. The van der Waals surface area contributed by atoms with Gasteiger partial charge in [0.05, 0.1) is 12.5 Å².